The average Bonchev–Trinajstić information content (AvgIpc) is 2.60. The third-order valence-electron chi connectivity index (χ3n) is 3.76. The van der Waals surface area contributed by atoms with Gasteiger partial charge >= 0.3 is 0 Å². The number of pyridine rings is 1. The van der Waals surface area contributed by atoms with Gasteiger partial charge in [-0.3, -0.25) is 9.78 Å². The van der Waals surface area contributed by atoms with Crippen LogP contribution < -0.4 is 5.32 Å². The fourth-order valence-electron chi connectivity index (χ4n) is 2.35. The van der Waals surface area contributed by atoms with Crippen LogP contribution in [0.2, 0.25) is 0 Å². The Morgan fingerprint density at radius 3 is 2.74 bits per heavy atom. The van der Waals surface area contributed by atoms with Gasteiger partial charge in [0.2, 0.25) is 0 Å². The smallest absolute Gasteiger partial charge is 0.272 e. The van der Waals surface area contributed by atoms with Gasteiger partial charge in [-0.2, -0.15) is 0 Å². The van der Waals surface area contributed by atoms with Crippen LogP contribution in [0, 0.1) is 0 Å². The van der Waals surface area contributed by atoms with Gasteiger partial charge in [0.1, 0.15) is 5.69 Å². The van der Waals surface area contributed by atoms with Crippen LogP contribution in [0.3, 0.4) is 0 Å². The number of unbranched alkanes of at least 4 members (excludes halogenated alkanes) is 1. The van der Waals surface area contributed by atoms with Crippen molar-refractivity contribution in [3.8, 4) is 0 Å². The lowest BCUT2D eigenvalue weighted by Crippen LogP contribution is -2.28. The zero-order valence-corrected chi connectivity index (χ0v) is 14.0. The zero-order valence-electron chi connectivity index (χ0n) is 14.0. The number of hydrogen-bond acceptors (Lipinski definition) is 3. The monoisotopic (exact) mass is 311 g/mol. The largest absolute Gasteiger partial charge is 0.385 e. The number of nitrogens with zero attached hydrogens (tertiary/aromatic N) is 2. The molecule has 0 aliphatic carbocycles. The molecule has 4 nitrogen and oxygen atoms in total. The predicted molar refractivity (Wildman–Crippen MR) is 94.7 cm³/mol. The Morgan fingerprint density at radius 2 is 2.00 bits per heavy atom. The van der Waals surface area contributed by atoms with E-state index in [9.17, 15) is 4.79 Å². The zero-order chi connectivity index (χ0) is 16.5. The van der Waals surface area contributed by atoms with E-state index in [2.05, 4.69) is 29.4 Å². The van der Waals surface area contributed by atoms with Gasteiger partial charge < -0.3 is 10.2 Å². The minimum absolute atomic E-state index is 0.0230. The van der Waals surface area contributed by atoms with Crippen LogP contribution in [-0.2, 0) is 6.42 Å². The number of benzene rings is 1. The Balaban J connectivity index is 1.90. The van der Waals surface area contributed by atoms with Crippen molar-refractivity contribution in [2.24, 2.45) is 0 Å². The summed E-state index contributed by atoms with van der Waals surface area (Å²) in [5, 5.41) is 3.36. The van der Waals surface area contributed by atoms with Gasteiger partial charge in [-0.25, -0.2) is 0 Å². The van der Waals surface area contributed by atoms with E-state index in [0.29, 0.717) is 5.69 Å². The maximum absolute atomic E-state index is 12.3. The van der Waals surface area contributed by atoms with Crippen molar-refractivity contribution >= 4 is 11.6 Å². The quantitative estimate of drug-likeness (QED) is 0.810. The summed E-state index contributed by atoms with van der Waals surface area (Å²) in [4.78, 5) is 18.3. The second-order valence-corrected chi connectivity index (χ2v) is 5.67. The molecule has 1 N–H and O–H groups in total. The van der Waals surface area contributed by atoms with Gasteiger partial charge in [-0.15, -0.1) is 0 Å². The number of rotatable bonds is 8. The van der Waals surface area contributed by atoms with E-state index in [1.165, 1.54) is 5.56 Å². The van der Waals surface area contributed by atoms with Gasteiger partial charge in [0.05, 0.1) is 0 Å². The second kappa shape index (κ2) is 8.93. The molecule has 0 aliphatic rings. The van der Waals surface area contributed by atoms with E-state index in [1.807, 2.05) is 37.4 Å². The summed E-state index contributed by atoms with van der Waals surface area (Å²) in [5.41, 5.74) is 2.72. The Morgan fingerprint density at radius 1 is 1.22 bits per heavy atom. The molecule has 0 saturated heterocycles. The van der Waals surface area contributed by atoms with Crippen LogP contribution >= 0.6 is 0 Å². The van der Waals surface area contributed by atoms with E-state index < -0.39 is 0 Å². The Kier molecular flexibility index (Phi) is 6.60. The molecule has 122 valence electrons. The number of carbonyl (C=O) groups excluding carboxylic acids is 1. The maximum Gasteiger partial charge on any atom is 0.272 e. The molecule has 0 radical (unpaired) electrons. The third-order valence-corrected chi connectivity index (χ3v) is 3.76. The highest BCUT2D eigenvalue weighted by Gasteiger charge is 2.12. The molecule has 0 unspecified atom stereocenters. The van der Waals surface area contributed by atoms with E-state index in [-0.39, 0.29) is 5.91 Å². The van der Waals surface area contributed by atoms with Crippen LogP contribution in [0.5, 0.6) is 0 Å². The first-order valence-electron chi connectivity index (χ1n) is 8.20. The normalized spacial score (nSPS) is 10.3. The number of hydrogen-bond donors (Lipinski definition) is 1. The molecule has 0 spiro atoms. The summed E-state index contributed by atoms with van der Waals surface area (Å²) in [5.74, 6) is -0.0230. The van der Waals surface area contributed by atoms with Crippen molar-refractivity contribution in [1.29, 1.82) is 0 Å². The molecule has 0 aliphatic heterocycles. The minimum atomic E-state index is -0.0230. The fourth-order valence-corrected chi connectivity index (χ4v) is 2.35. The van der Waals surface area contributed by atoms with Crippen molar-refractivity contribution in [2.45, 2.75) is 26.2 Å². The van der Waals surface area contributed by atoms with Crippen LogP contribution in [0.1, 0.15) is 35.8 Å². The molecule has 0 fully saturated rings. The second-order valence-electron chi connectivity index (χ2n) is 5.67. The first kappa shape index (κ1) is 17.0. The van der Waals surface area contributed by atoms with Crippen molar-refractivity contribution in [3.05, 3.63) is 59.9 Å². The molecule has 1 aromatic carbocycles. The molecule has 1 heterocycles. The van der Waals surface area contributed by atoms with Crippen molar-refractivity contribution in [1.82, 2.24) is 9.88 Å². The van der Waals surface area contributed by atoms with E-state index >= 15 is 0 Å². The van der Waals surface area contributed by atoms with Crippen molar-refractivity contribution in [2.75, 3.05) is 25.5 Å². The van der Waals surface area contributed by atoms with E-state index in [4.69, 9.17) is 0 Å². The van der Waals surface area contributed by atoms with Crippen LogP contribution in [0.15, 0.2) is 48.7 Å². The van der Waals surface area contributed by atoms with Gasteiger partial charge in [0, 0.05) is 32.0 Å². The third kappa shape index (κ3) is 5.40. The molecule has 4 heteroatoms. The molecule has 2 aromatic rings. The molecule has 0 saturated carbocycles. The molecular weight excluding hydrogens is 286 g/mol. The first-order chi connectivity index (χ1) is 11.2. The molecule has 23 heavy (non-hydrogen) atoms. The lowest BCUT2D eigenvalue weighted by Gasteiger charge is -2.16. The van der Waals surface area contributed by atoms with Crippen LogP contribution in [0.4, 0.5) is 5.69 Å². The number of anilines is 1. The molecule has 0 atom stereocenters. The van der Waals surface area contributed by atoms with E-state index in [1.54, 1.807) is 11.1 Å². The molecule has 1 aromatic heterocycles. The van der Waals surface area contributed by atoms with Crippen LogP contribution in [-0.4, -0.2) is 35.9 Å². The molecular formula is C19H25N3O. The van der Waals surface area contributed by atoms with Crippen LogP contribution in [0.25, 0.3) is 0 Å². The van der Waals surface area contributed by atoms with Crippen molar-refractivity contribution < 1.29 is 4.79 Å². The molecule has 2 rings (SSSR count). The van der Waals surface area contributed by atoms with Crippen molar-refractivity contribution in [3.63, 3.8) is 0 Å². The Labute approximate surface area is 138 Å². The summed E-state index contributed by atoms with van der Waals surface area (Å²) >= 11 is 0. The number of carbonyl (C=O) groups is 1. The first-order valence-corrected chi connectivity index (χ1v) is 8.20. The highest BCUT2D eigenvalue weighted by atomic mass is 16.2. The number of amides is 1. The lowest BCUT2D eigenvalue weighted by atomic mass is 10.1. The van der Waals surface area contributed by atoms with E-state index in [0.717, 1.165) is 38.0 Å². The highest BCUT2D eigenvalue weighted by Crippen LogP contribution is 2.10. The number of aromatic nitrogens is 1. The average molecular weight is 311 g/mol. The molecule has 1 amide bonds. The summed E-state index contributed by atoms with van der Waals surface area (Å²) in [6.07, 6.45) is 4.72. The SMILES string of the molecule is CCCCN(C)C(=O)c1cc(NCCc2ccccc2)ccn1. The summed E-state index contributed by atoms with van der Waals surface area (Å²) in [6, 6.07) is 14.1. The van der Waals surface area contributed by atoms with Gasteiger partial charge in [0.15, 0.2) is 0 Å². The standard InChI is InChI=1S/C19H25N3O/c1-3-4-14-22(2)19(23)18-15-17(11-13-21-18)20-12-10-16-8-6-5-7-9-16/h5-9,11,13,15H,3-4,10,12,14H2,1-2H3,(H,20,21). The fraction of sp³-hybridized carbons (Fsp3) is 0.368. The number of nitrogens with one attached hydrogen (secondary N) is 1. The Hall–Kier alpha value is -2.36. The lowest BCUT2D eigenvalue weighted by molar-refractivity contribution is 0.0787. The predicted octanol–water partition coefficient (Wildman–Crippen LogP) is 3.61. The summed E-state index contributed by atoms with van der Waals surface area (Å²) in [7, 11) is 1.83. The maximum atomic E-state index is 12.3. The minimum Gasteiger partial charge on any atom is -0.385 e. The summed E-state index contributed by atoms with van der Waals surface area (Å²) < 4.78 is 0. The molecule has 0 bridgehead atoms. The summed E-state index contributed by atoms with van der Waals surface area (Å²) in [6.45, 7) is 3.71. The van der Waals surface area contributed by atoms with Gasteiger partial charge in [0.25, 0.3) is 5.91 Å². The van der Waals surface area contributed by atoms with Gasteiger partial charge in [-0.05, 0) is 30.5 Å². The van der Waals surface area contributed by atoms with Gasteiger partial charge in [-0.1, -0.05) is 43.7 Å². The highest BCUT2D eigenvalue weighted by molar-refractivity contribution is 5.92. The topological polar surface area (TPSA) is 45.2 Å². The Bertz CT molecular complexity index is 613.